The first kappa shape index (κ1) is 8.58. The molecule has 1 saturated carbocycles. The molecular formula is C13H19N. The van der Waals surface area contributed by atoms with E-state index in [1.54, 1.807) is 11.3 Å². The minimum atomic E-state index is 0.631. The Bertz CT molecular complexity index is 326. The molecule has 0 aromatic carbocycles. The molecule has 0 amide bonds. The van der Waals surface area contributed by atoms with E-state index in [1.807, 2.05) is 0 Å². The van der Waals surface area contributed by atoms with Gasteiger partial charge < -0.3 is 4.90 Å². The van der Waals surface area contributed by atoms with Gasteiger partial charge >= 0.3 is 0 Å². The summed E-state index contributed by atoms with van der Waals surface area (Å²) in [6, 6.07) is 0. The normalized spacial score (nSPS) is 40.0. The van der Waals surface area contributed by atoms with Gasteiger partial charge in [-0.1, -0.05) is 13.5 Å². The van der Waals surface area contributed by atoms with Gasteiger partial charge in [0.1, 0.15) is 0 Å². The van der Waals surface area contributed by atoms with E-state index < -0.39 is 0 Å². The Labute approximate surface area is 86.5 Å². The highest BCUT2D eigenvalue weighted by molar-refractivity contribution is 5.39. The van der Waals surface area contributed by atoms with Crippen molar-refractivity contribution in [2.75, 3.05) is 6.54 Å². The lowest BCUT2D eigenvalue weighted by atomic mass is 9.90. The molecule has 3 atom stereocenters. The summed E-state index contributed by atoms with van der Waals surface area (Å²) in [7, 11) is 0. The van der Waals surface area contributed by atoms with Crippen molar-refractivity contribution in [3.63, 3.8) is 0 Å². The maximum atomic E-state index is 4.25. The van der Waals surface area contributed by atoms with Gasteiger partial charge in [-0.25, -0.2) is 0 Å². The van der Waals surface area contributed by atoms with Crippen LogP contribution in [0.1, 0.15) is 33.1 Å². The van der Waals surface area contributed by atoms with Crippen molar-refractivity contribution in [3.8, 4) is 0 Å². The Hall–Kier alpha value is -0.720. The van der Waals surface area contributed by atoms with Crippen LogP contribution in [0, 0.1) is 17.8 Å². The molecule has 0 spiro atoms. The zero-order chi connectivity index (χ0) is 9.87. The Morgan fingerprint density at radius 2 is 2.29 bits per heavy atom. The molecule has 1 fully saturated rings. The second-order valence-corrected chi connectivity index (χ2v) is 5.01. The molecule has 1 unspecified atom stereocenters. The van der Waals surface area contributed by atoms with E-state index in [-0.39, 0.29) is 0 Å². The van der Waals surface area contributed by atoms with Crippen LogP contribution in [0.15, 0.2) is 23.5 Å². The summed E-state index contributed by atoms with van der Waals surface area (Å²) < 4.78 is 0. The van der Waals surface area contributed by atoms with Crippen LogP contribution in [-0.4, -0.2) is 11.4 Å². The molecule has 0 aromatic rings. The number of hydrogen-bond donors (Lipinski definition) is 0. The number of allylic oxidation sites excluding steroid dienone is 2. The van der Waals surface area contributed by atoms with Crippen LogP contribution in [-0.2, 0) is 0 Å². The molecule has 2 aliphatic carbocycles. The maximum absolute atomic E-state index is 4.25. The zero-order valence-corrected chi connectivity index (χ0v) is 9.21. The van der Waals surface area contributed by atoms with Gasteiger partial charge in [0.15, 0.2) is 0 Å². The first-order chi connectivity index (χ1) is 6.74. The number of fused-ring (bicyclic) bond motifs is 2. The molecule has 3 aliphatic rings. The summed E-state index contributed by atoms with van der Waals surface area (Å²) in [6.07, 6.45) is 4.24. The third-order valence-corrected chi connectivity index (χ3v) is 4.36. The third kappa shape index (κ3) is 0.906. The zero-order valence-electron chi connectivity index (χ0n) is 9.21. The van der Waals surface area contributed by atoms with Crippen LogP contribution >= 0.6 is 0 Å². The van der Waals surface area contributed by atoms with Gasteiger partial charge in [-0.15, -0.1) is 0 Å². The first-order valence-electron chi connectivity index (χ1n) is 5.93. The minimum absolute atomic E-state index is 0.631. The van der Waals surface area contributed by atoms with Crippen molar-refractivity contribution < 1.29 is 0 Å². The van der Waals surface area contributed by atoms with Gasteiger partial charge in [-0.2, -0.15) is 0 Å². The molecule has 1 aliphatic heterocycles. The van der Waals surface area contributed by atoms with E-state index in [0.29, 0.717) is 5.92 Å². The fourth-order valence-corrected chi connectivity index (χ4v) is 3.38. The molecule has 76 valence electrons. The lowest BCUT2D eigenvalue weighted by Crippen LogP contribution is -2.20. The summed E-state index contributed by atoms with van der Waals surface area (Å²) in [5, 5.41) is 0. The molecule has 14 heavy (non-hydrogen) atoms. The second-order valence-electron chi connectivity index (χ2n) is 5.01. The van der Waals surface area contributed by atoms with E-state index in [2.05, 4.69) is 25.3 Å². The van der Waals surface area contributed by atoms with E-state index in [4.69, 9.17) is 0 Å². The van der Waals surface area contributed by atoms with Crippen LogP contribution in [0.3, 0.4) is 0 Å². The van der Waals surface area contributed by atoms with Crippen LogP contribution < -0.4 is 0 Å². The molecule has 1 nitrogen and oxygen atoms in total. The highest BCUT2D eigenvalue weighted by Crippen LogP contribution is 2.58. The van der Waals surface area contributed by atoms with E-state index >= 15 is 0 Å². The van der Waals surface area contributed by atoms with Crippen molar-refractivity contribution in [1.29, 1.82) is 0 Å². The predicted octanol–water partition coefficient (Wildman–Crippen LogP) is 3.16. The molecule has 0 N–H and O–H groups in total. The van der Waals surface area contributed by atoms with Gasteiger partial charge in [-0.05, 0) is 37.7 Å². The summed E-state index contributed by atoms with van der Waals surface area (Å²) in [5.41, 5.74) is 4.75. The summed E-state index contributed by atoms with van der Waals surface area (Å²) in [4.78, 5) is 2.49. The van der Waals surface area contributed by atoms with E-state index in [9.17, 15) is 0 Å². The SMILES string of the molecule is C=C1[C@H](C)C2=C([C@@H]3CC3CC2)N1CC. The number of rotatable bonds is 1. The molecule has 0 bridgehead atoms. The number of hydrogen-bond acceptors (Lipinski definition) is 1. The first-order valence-corrected chi connectivity index (χ1v) is 5.93. The van der Waals surface area contributed by atoms with E-state index in [0.717, 1.165) is 18.4 Å². The molecule has 1 heterocycles. The fourth-order valence-electron chi connectivity index (χ4n) is 3.38. The predicted molar refractivity (Wildman–Crippen MR) is 58.5 cm³/mol. The summed E-state index contributed by atoms with van der Waals surface area (Å²) >= 11 is 0. The maximum Gasteiger partial charge on any atom is 0.0209 e. The topological polar surface area (TPSA) is 3.24 Å². The number of nitrogens with zero attached hydrogens (tertiary/aromatic N) is 1. The average Bonchev–Trinajstić information content (AvgIpc) is 2.92. The standard InChI is InChI=1S/C13H19N/c1-4-14-9(3)8(2)11-6-5-10-7-12(10)13(11)14/h8,10,12H,3-7H2,1-2H3/t8-,10?,12+/m0/s1. The Kier molecular flexibility index (Phi) is 1.62. The van der Waals surface area contributed by atoms with Gasteiger partial charge in [0.05, 0.1) is 0 Å². The van der Waals surface area contributed by atoms with Gasteiger partial charge in [0, 0.05) is 29.8 Å². The van der Waals surface area contributed by atoms with Crippen LogP contribution in [0.25, 0.3) is 0 Å². The van der Waals surface area contributed by atoms with Gasteiger partial charge in [0.2, 0.25) is 0 Å². The average molecular weight is 189 g/mol. The Morgan fingerprint density at radius 1 is 1.50 bits per heavy atom. The largest absolute Gasteiger partial charge is 0.349 e. The minimum Gasteiger partial charge on any atom is -0.349 e. The highest BCUT2D eigenvalue weighted by Gasteiger charge is 2.49. The smallest absolute Gasteiger partial charge is 0.0209 e. The van der Waals surface area contributed by atoms with Crippen LogP contribution in [0.2, 0.25) is 0 Å². The van der Waals surface area contributed by atoms with Crippen molar-refractivity contribution in [1.82, 2.24) is 4.90 Å². The molecular weight excluding hydrogens is 170 g/mol. The molecule has 0 radical (unpaired) electrons. The Morgan fingerprint density at radius 3 is 3.00 bits per heavy atom. The monoisotopic (exact) mass is 189 g/mol. The van der Waals surface area contributed by atoms with Crippen molar-refractivity contribution >= 4 is 0 Å². The van der Waals surface area contributed by atoms with Gasteiger partial charge in [0.25, 0.3) is 0 Å². The second kappa shape index (κ2) is 2.65. The van der Waals surface area contributed by atoms with Crippen molar-refractivity contribution in [3.05, 3.63) is 23.5 Å². The summed E-state index contributed by atoms with van der Waals surface area (Å²) in [6.45, 7) is 9.94. The molecule has 0 aromatic heterocycles. The summed E-state index contributed by atoms with van der Waals surface area (Å²) in [5.74, 6) is 2.58. The lowest BCUT2D eigenvalue weighted by molar-refractivity contribution is 0.419. The Balaban J connectivity index is 2.02. The van der Waals surface area contributed by atoms with Crippen LogP contribution in [0.5, 0.6) is 0 Å². The lowest BCUT2D eigenvalue weighted by Gasteiger charge is -2.24. The fraction of sp³-hybridized carbons (Fsp3) is 0.692. The van der Waals surface area contributed by atoms with Crippen LogP contribution in [0.4, 0.5) is 0 Å². The highest BCUT2D eigenvalue weighted by atomic mass is 15.2. The van der Waals surface area contributed by atoms with Crippen molar-refractivity contribution in [2.45, 2.75) is 33.1 Å². The molecule has 0 saturated heterocycles. The van der Waals surface area contributed by atoms with Gasteiger partial charge in [-0.3, -0.25) is 0 Å². The molecule has 3 rings (SSSR count). The van der Waals surface area contributed by atoms with Crippen molar-refractivity contribution in [2.24, 2.45) is 17.8 Å². The third-order valence-electron chi connectivity index (χ3n) is 4.36. The molecule has 1 heteroatoms. The van der Waals surface area contributed by atoms with E-state index in [1.165, 1.54) is 25.0 Å². The quantitative estimate of drug-likeness (QED) is 0.612.